The second kappa shape index (κ2) is 8.52. The Kier molecular flexibility index (Phi) is 7.00. The van der Waals surface area contributed by atoms with Crippen LogP contribution in [0.25, 0.3) is 0 Å². The molecule has 2 unspecified atom stereocenters. The molecule has 0 bridgehead atoms. The second-order valence-electron chi connectivity index (χ2n) is 5.96. The van der Waals surface area contributed by atoms with Gasteiger partial charge in [-0.2, -0.15) is 0 Å². The van der Waals surface area contributed by atoms with Crippen LogP contribution in [0.3, 0.4) is 0 Å². The normalized spacial score (nSPS) is 24.0. The van der Waals surface area contributed by atoms with E-state index in [1.54, 1.807) is 0 Å². The van der Waals surface area contributed by atoms with Gasteiger partial charge in [0.25, 0.3) is 0 Å². The van der Waals surface area contributed by atoms with Crippen molar-refractivity contribution < 1.29 is 0 Å². The van der Waals surface area contributed by atoms with Crippen molar-refractivity contribution in [1.29, 1.82) is 0 Å². The third kappa shape index (κ3) is 4.44. The molecular weight excluding hydrogens is 348 g/mol. The maximum Gasteiger partial charge on any atom is 0.0417 e. The van der Waals surface area contributed by atoms with E-state index in [1.165, 1.54) is 44.3 Å². The minimum atomic E-state index is 0.478. The van der Waals surface area contributed by atoms with Crippen LogP contribution in [0.1, 0.15) is 44.2 Å². The zero-order chi connectivity index (χ0) is 15.2. The minimum absolute atomic E-state index is 0.478. The molecule has 2 atom stereocenters. The summed E-state index contributed by atoms with van der Waals surface area (Å²) in [7, 11) is 2.06. The highest BCUT2D eigenvalue weighted by Gasteiger charge is 2.31. The first-order valence-electron chi connectivity index (χ1n) is 8.01. The van der Waals surface area contributed by atoms with Gasteiger partial charge in [0, 0.05) is 15.5 Å². The first-order valence-corrected chi connectivity index (χ1v) is 9.18. The van der Waals surface area contributed by atoms with Crippen molar-refractivity contribution in [3.8, 4) is 0 Å². The molecule has 0 saturated carbocycles. The predicted molar refractivity (Wildman–Crippen MR) is 95.0 cm³/mol. The number of halogens is 2. The Morgan fingerprint density at radius 2 is 2.19 bits per heavy atom. The lowest BCUT2D eigenvalue weighted by atomic mass is 9.89. The molecule has 0 aliphatic carbocycles. The summed E-state index contributed by atoms with van der Waals surface area (Å²) >= 11 is 9.86. The predicted octanol–water partition coefficient (Wildman–Crippen LogP) is 4.88. The molecule has 4 heteroatoms. The van der Waals surface area contributed by atoms with Gasteiger partial charge in [0.1, 0.15) is 0 Å². The number of hydrogen-bond acceptors (Lipinski definition) is 2. The molecule has 1 aliphatic heterocycles. The lowest BCUT2D eigenvalue weighted by molar-refractivity contribution is 0.154. The summed E-state index contributed by atoms with van der Waals surface area (Å²) in [6.45, 7) is 5.71. The first-order chi connectivity index (χ1) is 10.2. The number of benzene rings is 1. The summed E-state index contributed by atoms with van der Waals surface area (Å²) in [5.41, 5.74) is 1.38. The molecule has 1 aromatic carbocycles. The molecule has 1 fully saturated rings. The van der Waals surface area contributed by atoms with Crippen LogP contribution in [0.2, 0.25) is 5.02 Å². The lowest BCUT2D eigenvalue weighted by Gasteiger charge is -2.36. The average molecular weight is 374 g/mol. The molecule has 0 spiro atoms. The Balaban J connectivity index is 2.37. The fourth-order valence-electron chi connectivity index (χ4n) is 3.52. The van der Waals surface area contributed by atoms with Crippen molar-refractivity contribution >= 4 is 27.5 Å². The van der Waals surface area contributed by atoms with Crippen molar-refractivity contribution in [1.82, 2.24) is 10.2 Å². The molecule has 1 aliphatic rings. The van der Waals surface area contributed by atoms with Gasteiger partial charge in [-0.1, -0.05) is 46.9 Å². The summed E-state index contributed by atoms with van der Waals surface area (Å²) < 4.78 is 1.14. The zero-order valence-corrected chi connectivity index (χ0v) is 15.4. The monoisotopic (exact) mass is 372 g/mol. The molecule has 2 rings (SSSR count). The summed E-state index contributed by atoms with van der Waals surface area (Å²) in [5.74, 6) is 0.654. The molecule has 1 aromatic rings. The Hall–Kier alpha value is -0.0900. The van der Waals surface area contributed by atoms with E-state index in [9.17, 15) is 0 Å². The maximum atomic E-state index is 6.13. The SMILES string of the molecule is CCCN1CCCCC(CNC)C1c1ccc(Cl)cc1Br. The standard InChI is InChI=1S/C17H26BrClN2/c1-3-9-21-10-5-4-6-13(12-20-2)17(21)15-8-7-14(19)11-16(15)18/h7-8,11,13,17,20H,3-6,9-10,12H2,1-2H3. The summed E-state index contributed by atoms with van der Waals surface area (Å²) in [5, 5.41) is 4.19. The quantitative estimate of drug-likeness (QED) is 0.791. The highest BCUT2D eigenvalue weighted by atomic mass is 79.9. The van der Waals surface area contributed by atoms with Crippen molar-refractivity contribution in [2.24, 2.45) is 5.92 Å². The van der Waals surface area contributed by atoms with E-state index >= 15 is 0 Å². The first kappa shape index (κ1) is 17.3. The lowest BCUT2D eigenvalue weighted by Crippen LogP contribution is -2.37. The second-order valence-corrected chi connectivity index (χ2v) is 7.25. The van der Waals surface area contributed by atoms with E-state index in [-0.39, 0.29) is 0 Å². The molecule has 0 aromatic heterocycles. The molecular formula is C17H26BrClN2. The summed E-state index contributed by atoms with van der Waals surface area (Å²) in [6, 6.07) is 6.73. The van der Waals surface area contributed by atoms with Crippen LogP contribution < -0.4 is 5.32 Å². The summed E-state index contributed by atoms with van der Waals surface area (Å²) in [6.07, 6.45) is 5.13. The van der Waals surface area contributed by atoms with Crippen molar-refractivity contribution in [3.63, 3.8) is 0 Å². The van der Waals surface area contributed by atoms with E-state index in [0.29, 0.717) is 12.0 Å². The minimum Gasteiger partial charge on any atom is -0.319 e. The van der Waals surface area contributed by atoms with Crippen LogP contribution in [-0.4, -0.2) is 31.6 Å². The van der Waals surface area contributed by atoms with Crippen LogP contribution in [-0.2, 0) is 0 Å². The molecule has 0 amide bonds. The summed E-state index contributed by atoms with van der Waals surface area (Å²) in [4.78, 5) is 2.67. The molecule has 118 valence electrons. The molecule has 1 N–H and O–H groups in total. The van der Waals surface area contributed by atoms with Crippen LogP contribution in [0.4, 0.5) is 0 Å². The maximum absolute atomic E-state index is 6.13. The van der Waals surface area contributed by atoms with Gasteiger partial charge in [0.15, 0.2) is 0 Å². The Bertz CT molecular complexity index is 436. The van der Waals surface area contributed by atoms with E-state index in [2.05, 4.69) is 46.2 Å². The van der Waals surface area contributed by atoms with Crippen LogP contribution in [0.5, 0.6) is 0 Å². The van der Waals surface area contributed by atoms with Gasteiger partial charge in [0.2, 0.25) is 0 Å². The number of rotatable bonds is 5. The van der Waals surface area contributed by atoms with Gasteiger partial charge in [-0.3, -0.25) is 4.90 Å². The topological polar surface area (TPSA) is 15.3 Å². The van der Waals surface area contributed by atoms with Crippen molar-refractivity contribution in [3.05, 3.63) is 33.3 Å². The highest BCUT2D eigenvalue weighted by Crippen LogP contribution is 2.39. The number of nitrogens with one attached hydrogen (secondary N) is 1. The number of nitrogens with zero attached hydrogens (tertiary/aromatic N) is 1. The van der Waals surface area contributed by atoms with E-state index < -0.39 is 0 Å². The Morgan fingerprint density at radius 3 is 2.86 bits per heavy atom. The Labute approximate surface area is 142 Å². The van der Waals surface area contributed by atoms with E-state index in [0.717, 1.165) is 16.0 Å². The molecule has 0 radical (unpaired) electrons. The van der Waals surface area contributed by atoms with Gasteiger partial charge in [0.05, 0.1) is 0 Å². The van der Waals surface area contributed by atoms with Gasteiger partial charge >= 0.3 is 0 Å². The van der Waals surface area contributed by atoms with Crippen molar-refractivity contribution in [2.75, 3.05) is 26.7 Å². The Morgan fingerprint density at radius 1 is 1.38 bits per heavy atom. The molecule has 1 saturated heterocycles. The largest absolute Gasteiger partial charge is 0.319 e. The molecule has 21 heavy (non-hydrogen) atoms. The molecule has 2 nitrogen and oxygen atoms in total. The van der Waals surface area contributed by atoms with Gasteiger partial charge in [-0.15, -0.1) is 0 Å². The van der Waals surface area contributed by atoms with Gasteiger partial charge in [-0.25, -0.2) is 0 Å². The fourth-order valence-corrected chi connectivity index (χ4v) is 4.44. The smallest absolute Gasteiger partial charge is 0.0417 e. The van der Waals surface area contributed by atoms with Gasteiger partial charge < -0.3 is 5.32 Å². The van der Waals surface area contributed by atoms with E-state index in [1.807, 2.05) is 12.1 Å². The molecule has 1 heterocycles. The van der Waals surface area contributed by atoms with Crippen LogP contribution >= 0.6 is 27.5 Å². The number of hydrogen-bond donors (Lipinski definition) is 1. The third-order valence-electron chi connectivity index (χ3n) is 4.37. The average Bonchev–Trinajstić information content (AvgIpc) is 2.63. The number of likely N-dealkylation sites (tertiary alicyclic amines) is 1. The highest BCUT2D eigenvalue weighted by molar-refractivity contribution is 9.10. The van der Waals surface area contributed by atoms with Gasteiger partial charge in [-0.05, 0) is 69.6 Å². The zero-order valence-electron chi connectivity index (χ0n) is 13.0. The fraction of sp³-hybridized carbons (Fsp3) is 0.647. The van der Waals surface area contributed by atoms with Crippen molar-refractivity contribution in [2.45, 2.75) is 38.6 Å². The van der Waals surface area contributed by atoms with E-state index in [4.69, 9.17) is 11.6 Å². The van der Waals surface area contributed by atoms with Crippen LogP contribution in [0.15, 0.2) is 22.7 Å². The van der Waals surface area contributed by atoms with Crippen LogP contribution in [0, 0.1) is 5.92 Å². The third-order valence-corrected chi connectivity index (χ3v) is 5.29.